The second-order valence-electron chi connectivity index (χ2n) is 7.94. The number of nitrogens with zero attached hydrogens (tertiary/aromatic N) is 2. The molecular weight excluding hydrogens is 400 g/mol. The minimum atomic E-state index is -0.621. The highest BCUT2D eigenvalue weighted by atomic mass is 32.1. The quantitative estimate of drug-likeness (QED) is 0.435. The zero-order valence-corrected chi connectivity index (χ0v) is 18.1. The van der Waals surface area contributed by atoms with Crippen molar-refractivity contribution in [3.8, 4) is 5.75 Å². The molecule has 1 amide bonds. The third-order valence-corrected chi connectivity index (χ3v) is 6.46. The largest absolute Gasteiger partial charge is 0.507 e. The molecule has 1 unspecified atom stereocenters. The molecule has 0 radical (unpaired) electrons. The Kier molecular flexibility index (Phi) is 5.92. The van der Waals surface area contributed by atoms with E-state index in [1.165, 1.54) is 11.3 Å². The maximum absolute atomic E-state index is 13.0. The molecule has 2 aliphatic rings. The summed E-state index contributed by atoms with van der Waals surface area (Å²) in [6, 6.07) is 8.71. The monoisotopic (exact) mass is 426 g/mol. The molecule has 1 fully saturated rings. The molecule has 0 saturated carbocycles. The van der Waals surface area contributed by atoms with Gasteiger partial charge >= 0.3 is 0 Å². The van der Waals surface area contributed by atoms with Crippen molar-refractivity contribution in [2.45, 2.75) is 25.3 Å². The first-order chi connectivity index (χ1) is 14.5. The van der Waals surface area contributed by atoms with Crippen molar-refractivity contribution in [2.75, 3.05) is 33.8 Å². The van der Waals surface area contributed by atoms with Crippen molar-refractivity contribution in [1.29, 1.82) is 0 Å². The van der Waals surface area contributed by atoms with E-state index < -0.39 is 17.7 Å². The van der Waals surface area contributed by atoms with E-state index in [9.17, 15) is 14.7 Å². The van der Waals surface area contributed by atoms with Gasteiger partial charge in [0.15, 0.2) is 0 Å². The molecule has 0 bridgehead atoms. The molecule has 1 N–H and O–H groups in total. The van der Waals surface area contributed by atoms with E-state index in [2.05, 4.69) is 0 Å². The van der Waals surface area contributed by atoms with Crippen molar-refractivity contribution >= 4 is 28.8 Å². The molecular formula is C23H26N2O4S. The fourth-order valence-corrected chi connectivity index (χ4v) is 4.92. The third kappa shape index (κ3) is 3.87. The van der Waals surface area contributed by atoms with Gasteiger partial charge in [0.2, 0.25) is 0 Å². The minimum absolute atomic E-state index is 0.116. The molecule has 1 atom stereocenters. The maximum Gasteiger partial charge on any atom is 0.295 e. The van der Waals surface area contributed by atoms with Gasteiger partial charge in [-0.3, -0.25) is 9.59 Å². The molecule has 3 heterocycles. The summed E-state index contributed by atoms with van der Waals surface area (Å²) in [6.45, 7) is 1.96. The number of rotatable bonds is 6. The second kappa shape index (κ2) is 8.62. The second-order valence-corrected chi connectivity index (χ2v) is 8.92. The van der Waals surface area contributed by atoms with Gasteiger partial charge in [0.1, 0.15) is 11.5 Å². The summed E-state index contributed by atoms with van der Waals surface area (Å²) in [5.74, 6) is -0.466. The van der Waals surface area contributed by atoms with E-state index >= 15 is 0 Å². The molecule has 0 aliphatic carbocycles. The number of hydrogen-bond donors (Lipinski definition) is 1. The lowest BCUT2D eigenvalue weighted by Crippen LogP contribution is -2.32. The number of carbonyl (C=O) groups excluding carboxylic acids is 2. The number of thiophene rings is 1. The van der Waals surface area contributed by atoms with Gasteiger partial charge in [-0.1, -0.05) is 6.07 Å². The molecule has 158 valence electrons. The lowest BCUT2D eigenvalue weighted by molar-refractivity contribution is -0.139. The molecule has 2 aromatic rings. The van der Waals surface area contributed by atoms with Gasteiger partial charge in [0.25, 0.3) is 11.7 Å². The topological polar surface area (TPSA) is 70.1 Å². The number of Topliss-reactive ketones (excluding diaryl/α,β-unsaturated/α-hetero) is 1. The summed E-state index contributed by atoms with van der Waals surface area (Å²) >= 11 is 1.49. The number of carbonyl (C=O) groups is 2. The zero-order valence-electron chi connectivity index (χ0n) is 17.3. The van der Waals surface area contributed by atoms with Crippen LogP contribution in [0.1, 0.15) is 34.9 Å². The highest BCUT2D eigenvalue weighted by Gasteiger charge is 2.46. The number of ketones is 1. The molecule has 2 aliphatic heterocycles. The Hall–Kier alpha value is -2.64. The van der Waals surface area contributed by atoms with Crippen LogP contribution in [0.25, 0.3) is 5.76 Å². The first-order valence-electron chi connectivity index (χ1n) is 10.2. The van der Waals surface area contributed by atoms with Gasteiger partial charge < -0.3 is 19.6 Å². The summed E-state index contributed by atoms with van der Waals surface area (Å²) in [5, 5.41) is 13.1. The average Bonchev–Trinajstić information content (AvgIpc) is 3.35. The first-order valence-corrected chi connectivity index (χ1v) is 11.1. The Labute approximate surface area is 180 Å². The van der Waals surface area contributed by atoms with Crippen molar-refractivity contribution in [1.82, 2.24) is 9.80 Å². The molecule has 1 saturated heterocycles. The predicted molar refractivity (Wildman–Crippen MR) is 117 cm³/mol. The summed E-state index contributed by atoms with van der Waals surface area (Å²) in [4.78, 5) is 30.4. The minimum Gasteiger partial charge on any atom is -0.507 e. The number of amides is 1. The van der Waals surface area contributed by atoms with Crippen LogP contribution in [0.15, 0.2) is 41.3 Å². The van der Waals surface area contributed by atoms with Crippen molar-refractivity contribution in [3.63, 3.8) is 0 Å². The lowest BCUT2D eigenvalue weighted by atomic mass is 9.97. The van der Waals surface area contributed by atoms with Crippen LogP contribution >= 0.6 is 11.3 Å². The highest BCUT2D eigenvalue weighted by molar-refractivity contribution is 7.10. The van der Waals surface area contributed by atoms with Gasteiger partial charge in [0, 0.05) is 17.0 Å². The van der Waals surface area contributed by atoms with Crippen LogP contribution in [-0.4, -0.2) is 60.4 Å². The van der Waals surface area contributed by atoms with Crippen LogP contribution in [0.3, 0.4) is 0 Å². The van der Waals surface area contributed by atoms with Crippen LogP contribution in [0.5, 0.6) is 5.75 Å². The number of fused-ring (bicyclic) bond motifs is 1. The maximum atomic E-state index is 13.0. The van der Waals surface area contributed by atoms with E-state index in [4.69, 9.17) is 4.74 Å². The van der Waals surface area contributed by atoms with Crippen molar-refractivity contribution in [2.24, 2.45) is 0 Å². The van der Waals surface area contributed by atoms with Crippen LogP contribution in [-0.2, 0) is 16.0 Å². The molecule has 30 heavy (non-hydrogen) atoms. The van der Waals surface area contributed by atoms with Crippen LogP contribution < -0.4 is 4.74 Å². The SMILES string of the molecule is CN(C)CCCN1C(=O)C(=O)/C(=C(\O)c2ccc3c(c2)CCCO3)C1c1cccs1. The molecule has 0 spiro atoms. The highest BCUT2D eigenvalue weighted by Crippen LogP contribution is 2.41. The van der Waals surface area contributed by atoms with Gasteiger partial charge in [-0.05, 0) is 75.1 Å². The molecule has 7 heteroatoms. The fourth-order valence-electron chi connectivity index (χ4n) is 4.07. The third-order valence-electron chi connectivity index (χ3n) is 5.54. The zero-order chi connectivity index (χ0) is 21.3. The number of aliphatic hydroxyl groups is 1. The molecule has 1 aromatic carbocycles. The number of aryl methyl sites for hydroxylation is 1. The van der Waals surface area contributed by atoms with Gasteiger partial charge in [-0.15, -0.1) is 11.3 Å². The number of benzene rings is 1. The van der Waals surface area contributed by atoms with E-state index in [1.54, 1.807) is 11.0 Å². The van der Waals surface area contributed by atoms with Crippen molar-refractivity contribution < 1.29 is 19.4 Å². The lowest BCUT2D eigenvalue weighted by Gasteiger charge is -2.25. The van der Waals surface area contributed by atoms with Gasteiger partial charge in [-0.25, -0.2) is 0 Å². The molecule has 1 aromatic heterocycles. The van der Waals surface area contributed by atoms with E-state index in [-0.39, 0.29) is 11.3 Å². The molecule has 6 nitrogen and oxygen atoms in total. The van der Waals surface area contributed by atoms with E-state index in [0.29, 0.717) is 18.7 Å². The summed E-state index contributed by atoms with van der Waals surface area (Å²) in [7, 11) is 3.95. The Bertz CT molecular complexity index is 981. The predicted octanol–water partition coefficient (Wildman–Crippen LogP) is 3.45. The standard InChI is InChI=1S/C23H26N2O4S/c1-24(2)10-5-11-25-20(18-7-4-13-30-18)19(22(27)23(25)28)21(26)16-8-9-17-15(14-16)6-3-12-29-17/h4,7-9,13-14,20,26H,3,5-6,10-12H2,1-2H3/b21-19-. The Balaban J connectivity index is 1.74. The number of aliphatic hydroxyl groups excluding tert-OH is 1. The van der Waals surface area contributed by atoms with E-state index in [0.717, 1.165) is 42.0 Å². The van der Waals surface area contributed by atoms with Gasteiger partial charge in [0.05, 0.1) is 18.2 Å². The molecule has 4 rings (SSSR count). The fraction of sp³-hybridized carbons (Fsp3) is 0.391. The van der Waals surface area contributed by atoms with Gasteiger partial charge in [-0.2, -0.15) is 0 Å². The van der Waals surface area contributed by atoms with Crippen LogP contribution in [0.4, 0.5) is 0 Å². The van der Waals surface area contributed by atoms with Crippen LogP contribution in [0, 0.1) is 0 Å². The van der Waals surface area contributed by atoms with Crippen molar-refractivity contribution in [3.05, 3.63) is 57.3 Å². The smallest absolute Gasteiger partial charge is 0.295 e. The Morgan fingerprint density at radius 3 is 2.87 bits per heavy atom. The van der Waals surface area contributed by atoms with E-state index in [1.807, 2.05) is 48.6 Å². The van der Waals surface area contributed by atoms with Crippen LogP contribution in [0.2, 0.25) is 0 Å². The Morgan fingerprint density at radius 2 is 2.13 bits per heavy atom. The first kappa shape index (κ1) is 20.6. The number of ether oxygens (including phenoxy) is 1. The summed E-state index contributed by atoms with van der Waals surface area (Å²) in [6.07, 6.45) is 2.53. The summed E-state index contributed by atoms with van der Waals surface area (Å²) in [5.41, 5.74) is 1.73. The normalized spacial score (nSPS) is 20.5. The number of likely N-dealkylation sites (tertiary alicyclic amines) is 1. The Morgan fingerprint density at radius 1 is 1.30 bits per heavy atom. The average molecular weight is 427 g/mol. The summed E-state index contributed by atoms with van der Waals surface area (Å²) < 4.78 is 5.65. The number of hydrogen-bond acceptors (Lipinski definition) is 6.